The number of carbonyl (C=O) groups excluding carboxylic acids is 1. The SMILES string of the molecule is Cc1ccccc1OC[C@H](O)C(=O)N1CCC2(CC1)CNc1ccccc12. The van der Waals surface area contributed by atoms with Crippen LogP contribution < -0.4 is 10.1 Å². The molecule has 2 aliphatic rings. The lowest BCUT2D eigenvalue weighted by molar-refractivity contribution is -0.143. The van der Waals surface area contributed by atoms with E-state index in [1.807, 2.05) is 37.3 Å². The highest BCUT2D eigenvalue weighted by Gasteiger charge is 2.42. The molecule has 2 aromatic carbocycles. The smallest absolute Gasteiger partial charge is 0.254 e. The van der Waals surface area contributed by atoms with Gasteiger partial charge in [-0.1, -0.05) is 36.4 Å². The predicted molar refractivity (Wildman–Crippen MR) is 105 cm³/mol. The van der Waals surface area contributed by atoms with Crippen molar-refractivity contribution in [1.29, 1.82) is 0 Å². The first-order valence-electron chi connectivity index (χ1n) is 9.58. The van der Waals surface area contributed by atoms with E-state index in [-0.39, 0.29) is 17.9 Å². The average molecular weight is 366 g/mol. The molecule has 0 radical (unpaired) electrons. The van der Waals surface area contributed by atoms with E-state index in [2.05, 4.69) is 23.5 Å². The molecule has 0 bridgehead atoms. The Morgan fingerprint density at radius 3 is 2.67 bits per heavy atom. The Kier molecular flexibility index (Phi) is 4.79. The first-order valence-corrected chi connectivity index (χ1v) is 9.58. The van der Waals surface area contributed by atoms with Gasteiger partial charge < -0.3 is 20.1 Å². The molecular weight excluding hydrogens is 340 g/mol. The predicted octanol–water partition coefficient (Wildman–Crippen LogP) is 2.72. The first kappa shape index (κ1) is 17.9. The Hall–Kier alpha value is -2.53. The van der Waals surface area contributed by atoms with Crippen molar-refractivity contribution in [1.82, 2.24) is 4.90 Å². The molecule has 0 aromatic heterocycles. The maximum absolute atomic E-state index is 12.6. The lowest BCUT2D eigenvalue weighted by Gasteiger charge is -2.40. The molecule has 1 amide bonds. The highest BCUT2D eigenvalue weighted by molar-refractivity contribution is 5.81. The molecule has 2 N–H and O–H groups in total. The Bertz CT molecular complexity index is 828. The largest absolute Gasteiger partial charge is 0.490 e. The van der Waals surface area contributed by atoms with Crippen molar-refractivity contribution in [3.8, 4) is 5.75 Å². The summed E-state index contributed by atoms with van der Waals surface area (Å²) in [6, 6.07) is 16.1. The van der Waals surface area contributed by atoms with Crippen molar-refractivity contribution in [2.45, 2.75) is 31.3 Å². The van der Waals surface area contributed by atoms with Gasteiger partial charge in [0, 0.05) is 30.7 Å². The molecule has 0 saturated carbocycles. The topological polar surface area (TPSA) is 61.8 Å². The number of aryl methyl sites for hydroxylation is 1. The standard InChI is InChI=1S/C22H26N2O3/c1-16-6-2-5-9-20(16)27-14-19(25)21(26)24-12-10-22(11-13-24)15-23-18-8-4-3-7-17(18)22/h2-9,19,23,25H,10-15H2,1H3/t19-/m0/s1. The number of amides is 1. The number of para-hydroxylation sites is 2. The summed E-state index contributed by atoms with van der Waals surface area (Å²) in [6.07, 6.45) is 0.690. The molecule has 4 rings (SSSR count). The zero-order valence-corrected chi connectivity index (χ0v) is 15.6. The van der Waals surface area contributed by atoms with Gasteiger partial charge in [-0.25, -0.2) is 0 Å². The summed E-state index contributed by atoms with van der Waals surface area (Å²) in [4.78, 5) is 14.4. The van der Waals surface area contributed by atoms with E-state index in [0.717, 1.165) is 24.9 Å². The van der Waals surface area contributed by atoms with Crippen LogP contribution in [-0.4, -0.2) is 48.3 Å². The molecule has 1 fully saturated rings. The summed E-state index contributed by atoms with van der Waals surface area (Å²) in [6.45, 7) is 4.18. The normalized spacial score (nSPS) is 18.7. The number of aliphatic hydroxyl groups excluding tert-OH is 1. The summed E-state index contributed by atoms with van der Waals surface area (Å²) in [5.41, 5.74) is 3.67. The van der Waals surface area contributed by atoms with Crippen molar-refractivity contribution in [2.24, 2.45) is 0 Å². The quantitative estimate of drug-likeness (QED) is 0.873. The minimum atomic E-state index is -1.13. The van der Waals surface area contributed by atoms with Crippen LogP contribution in [0.4, 0.5) is 5.69 Å². The highest BCUT2D eigenvalue weighted by Crippen LogP contribution is 2.43. The fraction of sp³-hybridized carbons (Fsp3) is 0.409. The van der Waals surface area contributed by atoms with Gasteiger partial charge in [0.15, 0.2) is 6.10 Å². The number of hydrogen-bond donors (Lipinski definition) is 2. The van der Waals surface area contributed by atoms with Crippen molar-refractivity contribution >= 4 is 11.6 Å². The van der Waals surface area contributed by atoms with Crippen molar-refractivity contribution in [3.05, 3.63) is 59.7 Å². The number of hydrogen-bond acceptors (Lipinski definition) is 4. The van der Waals surface area contributed by atoms with Gasteiger partial charge in [0.05, 0.1) is 0 Å². The maximum atomic E-state index is 12.6. The number of aliphatic hydroxyl groups is 1. The Morgan fingerprint density at radius 1 is 1.19 bits per heavy atom. The molecule has 5 heteroatoms. The molecule has 2 aliphatic heterocycles. The van der Waals surface area contributed by atoms with Gasteiger partial charge in [0.1, 0.15) is 12.4 Å². The molecule has 2 heterocycles. The number of benzene rings is 2. The van der Waals surface area contributed by atoms with Crippen LogP contribution in [0.25, 0.3) is 0 Å². The number of rotatable bonds is 4. The number of nitrogens with one attached hydrogen (secondary N) is 1. The van der Waals surface area contributed by atoms with Gasteiger partial charge in [0.2, 0.25) is 0 Å². The second-order valence-corrected chi connectivity index (χ2v) is 7.60. The average Bonchev–Trinajstić information content (AvgIpc) is 3.06. The number of likely N-dealkylation sites (tertiary alicyclic amines) is 1. The summed E-state index contributed by atoms with van der Waals surface area (Å²) in [5, 5.41) is 13.8. The molecule has 5 nitrogen and oxygen atoms in total. The molecule has 0 unspecified atom stereocenters. The maximum Gasteiger partial charge on any atom is 0.254 e. The number of carbonyl (C=O) groups is 1. The van der Waals surface area contributed by atoms with Crippen LogP contribution >= 0.6 is 0 Å². The third-order valence-electron chi connectivity index (χ3n) is 5.92. The second kappa shape index (κ2) is 7.24. The molecule has 1 saturated heterocycles. The third-order valence-corrected chi connectivity index (χ3v) is 5.92. The number of anilines is 1. The van der Waals surface area contributed by atoms with Crippen LogP contribution in [0.5, 0.6) is 5.75 Å². The van der Waals surface area contributed by atoms with Gasteiger partial charge in [-0.3, -0.25) is 4.79 Å². The summed E-state index contributed by atoms with van der Waals surface area (Å²) in [5.74, 6) is 0.466. The Balaban J connectivity index is 1.34. The van der Waals surface area contributed by atoms with Crippen molar-refractivity contribution in [2.75, 3.05) is 31.6 Å². The molecule has 2 aromatic rings. The van der Waals surface area contributed by atoms with E-state index in [0.29, 0.717) is 18.8 Å². The van der Waals surface area contributed by atoms with Crippen LogP contribution in [0.3, 0.4) is 0 Å². The monoisotopic (exact) mass is 366 g/mol. The van der Waals surface area contributed by atoms with Gasteiger partial charge in [-0.05, 0) is 43.0 Å². The minimum Gasteiger partial charge on any atom is -0.490 e. The lowest BCUT2D eigenvalue weighted by Crippen LogP contribution is -2.50. The van der Waals surface area contributed by atoms with Crippen LogP contribution in [0.1, 0.15) is 24.0 Å². The lowest BCUT2D eigenvalue weighted by atomic mass is 9.74. The molecule has 27 heavy (non-hydrogen) atoms. The van der Waals surface area contributed by atoms with Crippen LogP contribution in [0, 0.1) is 6.92 Å². The number of nitrogens with zero attached hydrogens (tertiary/aromatic N) is 1. The van der Waals surface area contributed by atoms with E-state index < -0.39 is 6.10 Å². The van der Waals surface area contributed by atoms with E-state index >= 15 is 0 Å². The zero-order valence-electron chi connectivity index (χ0n) is 15.6. The minimum absolute atomic E-state index is 0.0181. The molecular formula is C22H26N2O3. The van der Waals surface area contributed by atoms with Crippen molar-refractivity contribution < 1.29 is 14.6 Å². The molecule has 1 spiro atoms. The van der Waals surface area contributed by atoms with E-state index in [9.17, 15) is 9.90 Å². The van der Waals surface area contributed by atoms with Gasteiger partial charge in [-0.15, -0.1) is 0 Å². The fourth-order valence-corrected chi connectivity index (χ4v) is 4.23. The third kappa shape index (κ3) is 3.39. The Morgan fingerprint density at radius 2 is 1.89 bits per heavy atom. The van der Waals surface area contributed by atoms with Gasteiger partial charge in [0.25, 0.3) is 5.91 Å². The van der Waals surface area contributed by atoms with Gasteiger partial charge >= 0.3 is 0 Å². The van der Waals surface area contributed by atoms with Crippen molar-refractivity contribution in [3.63, 3.8) is 0 Å². The second-order valence-electron chi connectivity index (χ2n) is 7.60. The van der Waals surface area contributed by atoms with Gasteiger partial charge in [-0.2, -0.15) is 0 Å². The number of ether oxygens (including phenoxy) is 1. The van der Waals surface area contributed by atoms with E-state index in [1.54, 1.807) is 4.90 Å². The molecule has 142 valence electrons. The zero-order chi connectivity index (χ0) is 18.9. The summed E-state index contributed by atoms with van der Waals surface area (Å²) in [7, 11) is 0. The van der Waals surface area contributed by atoms with E-state index in [1.165, 1.54) is 11.3 Å². The number of piperidine rings is 1. The van der Waals surface area contributed by atoms with E-state index in [4.69, 9.17) is 4.74 Å². The van der Waals surface area contributed by atoms with Crippen LogP contribution in [0.15, 0.2) is 48.5 Å². The number of fused-ring (bicyclic) bond motifs is 2. The fourth-order valence-electron chi connectivity index (χ4n) is 4.23. The molecule has 0 aliphatic carbocycles. The highest BCUT2D eigenvalue weighted by atomic mass is 16.5. The first-order chi connectivity index (χ1) is 13.1. The summed E-state index contributed by atoms with van der Waals surface area (Å²) < 4.78 is 5.64. The van der Waals surface area contributed by atoms with Crippen LogP contribution in [-0.2, 0) is 10.2 Å². The Labute approximate surface area is 160 Å². The van der Waals surface area contributed by atoms with Crippen LogP contribution in [0.2, 0.25) is 0 Å². The molecule has 1 atom stereocenters. The summed E-state index contributed by atoms with van der Waals surface area (Å²) >= 11 is 0.